The first-order valence-corrected chi connectivity index (χ1v) is 10.2. The molecule has 3 fully saturated rings. The van der Waals surface area contributed by atoms with Crippen molar-refractivity contribution in [2.24, 2.45) is 11.3 Å². The number of fused-ring (bicyclic) bond motifs is 4. The molecule has 0 saturated heterocycles. The predicted molar refractivity (Wildman–Crippen MR) is 103 cm³/mol. The van der Waals surface area contributed by atoms with Gasteiger partial charge in [-0.1, -0.05) is 6.08 Å². The van der Waals surface area contributed by atoms with Gasteiger partial charge in [-0.3, -0.25) is 4.79 Å². The molecule has 1 aliphatic heterocycles. The molecule has 0 aromatic rings. The molecule has 0 radical (unpaired) electrons. The van der Waals surface area contributed by atoms with E-state index in [-0.39, 0.29) is 17.9 Å². The van der Waals surface area contributed by atoms with Crippen LogP contribution in [0.3, 0.4) is 0 Å². The summed E-state index contributed by atoms with van der Waals surface area (Å²) in [6, 6.07) is 2.26. The van der Waals surface area contributed by atoms with Crippen LogP contribution in [-0.4, -0.2) is 41.1 Å². The van der Waals surface area contributed by atoms with Gasteiger partial charge in [-0.2, -0.15) is 5.26 Å². The Morgan fingerprint density at radius 2 is 2.07 bits per heavy atom. The average molecular weight is 367 g/mol. The third-order valence-corrected chi connectivity index (χ3v) is 7.37. The van der Waals surface area contributed by atoms with Gasteiger partial charge in [-0.15, -0.1) is 0 Å². The minimum absolute atomic E-state index is 0.0180. The Bertz CT molecular complexity index is 751. The number of carbonyl (C=O) groups is 1. The molecule has 0 aromatic heterocycles. The third kappa shape index (κ3) is 3.00. The molecule has 3 saturated carbocycles. The summed E-state index contributed by atoms with van der Waals surface area (Å²) in [4.78, 5) is 15.1. The van der Waals surface area contributed by atoms with Gasteiger partial charge in [0.25, 0.3) is 5.91 Å². The number of allylic oxidation sites excluding steroid dienone is 2. The Balaban J connectivity index is 1.56. The maximum atomic E-state index is 13.1. The SMILES string of the molecule is CC12CC=CC(C#N)=C1C(C(=O)NCC13CCC(CC1)CC3)=CN2CCO. The molecule has 4 aliphatic carbocycles. The number of amides is 1. The van der Waals surface area contributed by atoms with Crippen LogP contribution in [0, 0.1) is 22.7 Å². The number of carbonyl (C=O) groups excluding carboxylic acids is 1. The zero-order chi connectivity index (χ0) is 19.1. The first-order chi connectivity index (χ1) is 13.0. The van der Waals surface area contributed by atoms with E-state index >= 15 is 0 Å². The second kappa shape index (κ2) is 6.83. The van der Waals surface area contributed by atoms with Crippen LogP contribution in [0.5, 0.6) is 0 Å². The minimum atomic E-state index is -0.434. The number of nitrogens with one attached hydrogen (secondary N) is 1. The van der Waals surface area contributed by atoms with E-state index in [1.165, 1.54) is 38.5 Å². The number of rotatable bonds is 5. The van der Waals surface area contributed by atoms with E-state index in [1.54, 1.807) is 0 Å². The molecule has 1 amide bonds. The van der Waals surface area contributed by atoms with Crippen molar-refractivity contribution in [3.05, 3.63) is 35.1 Å². The molecular formula is C22H29N3O2. The van der Waals surface area contributed by atoms with Gasteiger partial charge in [0.15, 0.2) is 0 Å². The largest absolute Gasteiger partial charge is 0.395 e. The topological polar surface area (TPSA) is 76.4 Å². The second-order valence-electron chi connectivity index (χ2n) is 8.91. The van der Waals surface area contributed by atoms with Gasteiger partial charge in [0, 0.05) is 24.9 Å². The highest BCUT2D eigenvalue weighted by molar-refractivity contribution is 6.00. The molecule has 5 heteroatoms. The first kappa shape index (κ1) is 18.3. The van der Waals surface area contributed by atoms with Gasteiger partial charge in [0.1, 0.15) is 0 Å². The maximum Gasteiger partial charge on any atom is 0.253 e. The van der Waals surface area contributed by atoms with E-state index < -0.39 is 5.54 Å². The predicted octanol–water partition coefficient (Wildman–Crippen LogP) is 2.80. The van der Waals surface area contributed by atoms with Crippen LogP contribution in [0.2, 0.25) is 0 Å². The summed E-state index contributed by atoms with van der Waals surface area (Å²) in [7, 11) is 0. The molecule has 2 N–H and O–H groups in total. The lowest BCUT2D eigenvalue weighted by Gasteiger charge is -2.46. The Morgan fingerprint density at radius 3 is 2.70 bits per heavy atom. The van der Waals surface area contributed by atoms with Crippen molar-refractivity contribution in [3.63, 3.8) is 0 Å². The van der Waals surface area contributed by atoms with Crippen molar-refractivity contribution in [2.75, 3.05) is 19.7 Å². The Morgan fingerprint density at radius 1 is 1.37 bits per heavy atom. The van der Waals surface area contributed by atoms with E-state index in [4.69, 9.17) is 0 Å². The third-order valence-electron chi connectivity index (χ3n) is 7.37. The zero-order valence-corrected chi connectivity index (χ0v) is 16.1. The summed E-state index contributed by atoms with van der Waals surface area (Å²) in [6.45, 7) is 3.26. The number of aliphatic hydroxyl groups is 1. The van der Waals surface area contributed by atoms with Crippen LogP contribution in [0.25, 0.3) is 0 Å². The molecule has 144 valence electrons. The summed E-state index contributed by atoms with van der Waals surface area (Å²) in [5.41, 5.74) is 1.80. The fraction of sp³-hybridized carbons (Fsp3) is 0.636. The van der Waals surface area contributed by atoms with Crippen LogP contribution in [0.15, 0.2) is 35.1 Å². The summed E-state index contributed by atoms with van der Waals surface area (Å²) in [6.07, 6.45) is 14.0. The van der Waals surface area contributed by atoms with Gasteiger partial charge >= 0.3 is 0 Å². The van der Waals surface area contributed by atoms with Crippen molar-refractivity contribution in [1.29, 1.82) is 5.26 Å². The standard InChI is InChI=1S/C22H29N3O2/c1-21-7-2-3-17(13-23)19(21)18(14-25(21)11-12-26)20(27)24-15-22-8-4-16(5-9-22)6-10-22/h2-3,14,16,26H,4-12,15H2,1H3,(H,24,27). The van der Waals surface area contributed by atoms with Crippen molar-refractivity contribution in [2.45, 2.75) is 57.4 Å². The van der Waals surface area contributed by atoms with Crippen molar-refractivity contribution in [3.8, 4) is 6.07 Å². The normalized spacial score (nSPS) is 34.3. The molecule has 1 unspecified atom stereocenters. The minimum Gasteiger partial charge on any atom is -0.395 e. The fourth-order valence-electron chi connectivity index (χ4n) is 5.59. The molecule has 1 heterocycles. The number of β-amino-alcohol motifs (C(OH)–C–C–N with tert-alkyl or cyclic N) is 1. The number of hydrogen-bond donors (Lipinski definition) is 2. The molecule has 5 nitrogen and oxygen atoms in total. The molecular weight excluding hydrogens is 338 g/mol. The molecule has 1 atom stereocenters. The van der Waals surface area contributed by atoms with Crippen molar-refractivity contribution >= 4 is 5.91 Å². The number of nitrogens with zero attached hydrogens (tertiary/aromatic N) is 2. The number of nitriles is 1. The lowest BCUT2D eigenvalue weighted by atomic mass is 9.61. The Kier molecular flexibility index (Phi) is 4.63. The van der Waals surface area contributed by atoms with E-state index in [2.05, 4.69) is 18.3 Å². The van der Waals surface area contributed by atoms with Gasteiger partial charge in [0.05, 0.1) is 29.4 Å². The summed E-state index contributed by atoms with van der Waals surface area (Å²) >= 11 is 0. The highest BCUT2D eigenvalue weighted by Crippen LogP contribution is 2.50. The van der Waals surface area contributed by atoms with Crippen LogP contribution >= 0.6 is 0 Å². The number of aliphatic hydroxyl groups excluding tert-OH is 1. The molecule has 0 spiro atoms. The van der Waals surface area contributed by atoms with Crippen LogP contribution in [-0.2, 0) is 4.79 Å². The van der Waals surface area contributed by atoms with Crippen molar-refractivity contribution in [1.82, 2.24) is 10.2 Å². The number of hydrogen-bond acceptors (Lipinski definition) is 4. The highest BCUT2D eigenvalue weighted by Gasteiger charge is 2.46. The lowest BCUT2D eigenvalue weighted by molar-refractivity contribution is -0.118. The van der Waals surface area contributed by atoms with Gasteiger partial charge in [-0.25, -0.2) is 0 Å². The summed E-state index contributed by atoms with van der Waals surface area (Å²) in [5.74, 6) is 0.826. The Hall–Kier alpha value is -2.06. The van der Waals surface area contributed by atoms with E-state index in [0.717, 1.165) is 24.5 Å². The second-order valence-corrected chi connectivity index (χ2v) is 8.91. The van der Waals surface area contributed by atoms with E-state index in [9.17, 15) is 15.2 Å². The van der Waals surface area contributed by atoms with Crippen molar-refractivity contribution < 1.29 is 9.90 Å². The Labute approximate surface area is 161 Å². The van der Waals surface area contributed by atoms with Crippen LogP contribution < -0.4 is 5.32 Å². The zero-order valence-electron chi connectivity index (χ0n) is 16.1. The van der Waals surface area contributed by atoms with E-state index in [0.29, 0.717) is 17.7 Å². The van der Waals surface area contributed by atoms with E-state index in [1.807, 2.05) is 23.3 Å². The van der Waals surface area contributed by atoms with Gasteiger partial charge in [-0.05, 0) is 69.3 Å². The maximum absolute atomic E-state index is 13.1. The highest BCUT2D eigenvalue weighted by atomic mass is 16.3. The summed E-state index contributed by atoms with van der Waals surface area (Å²) in [5, 5.41) is 22.3. The fourth-order valence-corrected chi connectivity index (χ4v) is 5.59. The smallest absolute Gasteiger partial charge is 0.253 e. The monoisotopic (exact) mass is 367 g/mol. The van der Waals surface area contributed by atoms with Crippen LogP contribution in [0.4, 0.5) is 0 Å². The molecule has 2 bridgehead atoms. The molecule has 0 aromatic carbocycles. The lowest BCUT2D eigenvalue weighted by Crippen LogP contribution is -2.45. The molecule has 5 rings (SSSR count). The first-order valence-electron chi connectivity index (χ1n) is 10.2. The average Bonchev–Trinajstić information content (AvgIpc) is 3.00. The molecule has 27 heavy (non-hydrogen) atoms. The van der Waals surface area contributed by atoms with Gasteiger partial charge < -0.3 is 15.3 Å². The quantitative estimate of drug-likeness (QED) is 0.783. The summed E-state index contributed by atoms with van der Waals surface area (Å²) < 4.78 is 0. The van der Waals surface area contributed by atoms with Gasteiger partial charge in [0.2, 0.25) is 0 Å². The van der Waals surface area contributed by atoms with Crippen LogP contribution in [0.1, 0.15) is 51.9 Å². The molecule has 5 aliphatic rings.